The van der Waals surface area contributed by atoms with Crippen LogP contribution in [0.3, 0.4) is 0 Å². The number of thiophene rings is 1. The first-order valence-electron chi connectivity index (χ1n) is 7.44. The van der Waals surface area contributed by atoms with Crippen molar-refractivity contribution in [2.75, 3.05) is 13.2 Å². The molecule has 1 N–H and O–H groups in total. The van der Waals surface area contributed by atoms with Gasteiger partial charge in [-0.05, 0) is 31.2 Å². The van der Waals surface area contributed by atoms with Gasteiger partial charge in [-0.1, -0.05) is 13.3 Å². The van der Waals surface area contributed by atoms with E-state index in [0.717, 1.165) is 35.9 Å². The molecule has 2 aromatic rings. The number of carbonyl (C=O) groups excluding carboxylic acids is 1. The minimum absolute atomic E-state index is 0.0143. The van der Waals surface area contributed by atoms with Gasteiger partial charge in [0.1, 0.15) is 11.2 Å². The second-order valence-electron chi connectivity index (χ2n) is 5.21. The van der Waals surface area contributed by atoms with Gasteiger partial charge in [0.25, 0.3) is 5.91 Å². The fourth-order valence-corrected chi connectivity index (χ4v) is 3.82. The molecule has 0 saturated heterocycles. The van der Waals surface area contributed by atoms with Crippen LogP contribution in [0.4, 0.5) is 0 Å². The SMILES string of the molecule is CCCCNC(=O)COc1ncnc2sc3c(c12)CCC3. The quantitative estimate of drug-likeness (QED) is 0.833. The van der Waals surface area contributed by atoms with Crippen LogP contribution in [-0.2, 0) is 17.6 Å². The lowest BCUT2D eigenvalue weighted by atomic mass is 10.2. The van der Waals surface area contributed by atoms with Crippen LogP contribution in [0, 0.1) is 0 Å². The Balaban J connectivity index is 1.71. The van der Waals surface area contributed by atoms with Crippen LogP contribution in [0.2, 0.25) is 0 Å². The highest BCUT2D eigenvalue weighted by Crippen LogP contribution is 2.39. The number of nitrogens with zero attached hydrogens (tertiary/aromatic N) is 2. The molecule has 0 spiro atoms. The van der Waals surface area contributed by atoms with E-state index in [0.29, 0.717) is 12.4 Å². The Bertz CT molecular complexity index is 654. The van der Waals surface area contributed by atoms with Gasteiger partial charge in [-0.15, -0.1) is 11.3 Å². The largest absolute Gasteiger partial charge is 0.467 e. The molecule has 21 heavy (non-hydrogen) atoms. The molecule has 1 amide bonds. The highest BCUT2D eigenvalue weighted by atomic mass is 32.1. The fraction of sp³-hybridized carbons (Fsp3) is 0.533. The zero-order valence-corrected chi connectivity index (χ0v) is 13.0. The Morgan fingerprint density at radius 2 is 2.33 bits per heavy atom. The molecule has 0 aromatic carbocycles. The second kappa shape index (κ2) is 6.39. The Labute approximate surface area is 127 Å². The third-order valence-corrected chi connectivity index (χ3v) is 4.86. The number of ether oxygens (including phenoxy) is 1. The van der Waals surface area contributed by atoms with Crippen LogP contribution < -0.4 is 10.1 Å². The van der Waals surface area contributed by atoms with Crippen molar-refractivity contribution in [2.45, 2.75) is 39.0 Å². The van der Waals surface area contributed by atoms with Crippen molar-refractivity contribution < 1.29 is 9.53 Å². The van der Waals surface area contributed by atoms with Crippen molar-refractivity contribution in [3.8, 4) is 5.88 Å². The Hall–Kier alpha value is -1.69. The minimum Gasteiger partial charge on any atom is -0.467 e. The Kier molecular flexibility index (Phi) is 4.34. The van der Waals surface area contributed by atoms with E-state index >= 15 is 0 Å². The van der Waals surface area contributed by atoms with E-state index in [2.05, 4.69) is 22.2 Å². The first-order valence-corrected chi connectivity index (χ1v) is 8.26. The smallest absolute Gasteiger partial charge is 0.258 e. The number of fused-ring (bicyclic) bond motifs is 3. The van der Waals surface area contributed by atoms with Crippen molar-refractivity contribution in [3.63, 3.8) is 0 Å². The average molecular weight is 305 g/mol. The van der Waals surface area contributed by atoms with Crippen LogP contribution in [0.5, 0.6) is 5.88 Å². The van der Waals surface area contributed by atoms with Crippen LogP contribution >= 0.6 is 11.3 Å². The third kappa shape index (κ3) is 3.00. The molecule has 0 aliphatic heterocycles. The van der Waals surface area contributed by atoms with E-state index in [1.807, 2.05) is 0 Å². The first kappa shape index (κ1) is 14.3. The summed E-state index contributed by atoms with van der Waals surface area (Å²) in [5.74, 6) is 0.451. The van der Waals surface area contributed by atoms with Crippen molar-refractivity contribution >= 4 is 27.5 Å². The third-order valence-electron chi connectivity index (χ3n) is 3.66. The molecule has 6 heteroatoms. The molecule has 2 heterocycles. The van der Waals surface area contributed by atoms with Crippen molar-refractivity contribution in [1.82, 2.24) is 15.3 Å². The predicted molar refractivity (Wildman–Crippen MR) is 82.9 cm³/mol. The highest BCUT2D eigenvalue weighted by Gasteiger charge is 2.22. The monoisotopic (exact) mass is 305 g/mol. The molecular formula is C15H19N3O2S. The highest BCUT2D eigenvalue weighted by molar-refractivity contribution is 7.18. The van der Waals surface area contributed by atoms with Gasteiger partial charge in [0, 0.05) is 11.4 Å². The summed E-state index contributed by atoms with van der Waals surface area (Å²) in [7, 11) is 0. The lowest BCUT2D eigenvalue weighted by Crippen LogP contribution is -2.29. The molecule has 0 bridgehead atoms. The molecule has 0 unspecified atom stereocenters. The Morgan fingerprint density at radius 1 is 1.43 bits per heavy atom. The van der Waals surface area contributed by atoms with Gasteiger partial charge in [-0.2, -0.15) is 0 Å². The number of hydrogen-bond acceptors (Lipinski definition) is 5. The summed E-state index contributed by atoms with van der Waals surface area (Å²) >= 11 is 1.72. The lowest BCUT2D eigenvalue weighted by Gasteiger charge is -2.07. The summed E-state index contributed by atoms with van der Waals surface area (Å²) < 4.78 is 5.64. The maximum Gasteiger partial charge on any atom is 0.258 e. The molecule has 1 aliphatic carbocycles. The molecule has 0 atom stereocenters. The van der Waals surface area contributed by atoms with E-state index in [9.17, 15) is 4.79 Å². The van der Waals surface area contributed by atoms with E-state index < -0.39 is 0 Å². The molecule has 2 aromatic heterocycles. The van der Waals surface area contributed by atoms with Gasteiger partial charge in [0.05, 0.1) is 5.39 Å². The average Bonchev–Trinajstić information content (AvgIpc) is 3.05. The van der Waals surface area contributed by atoms with E-state index in [1.54, 1.807) is 11.3 Å². The number of amides is 1. The van der Waals surface area contributed by atoms with Gasteiger partial charge in [0.2, 0.25) is 5.88 Å². The first-order chi connectivity index (χ1) is 10.3. The zero-order valence-electron chi connectivity index (χ0n) is 12.1. The normalized spacial score (nSPS) is 13.4. The van der Waals surface area contributed by atoms with Gasteiger partial charge in [-0.3, -0.25) is 4.79 Å². The molecule has 3 rings (SSSR count). The van der Waals surface area contributed by atoms with Gasteiger partial charge >= 0.3 is 0 Å². The second-order valence-corrected chi connectivity index (χ2v) is 6.29. The van der Waals surface area contributed by atoms with E-state index in [4.69, 9.17) is 4.74 Å². The standard InChI is InChI=1S/C15H19N3O2S/c1-2-3-7-16-12(19)8-20-14-13-10-5-4-6-11(10)21-15(13)18-9-17-14/h9H,2-8H2,1H3,(H,16,19). The molecule has 0 fully saturated rings. The van der Waals surface area contributed by atoms with Crippen molar-refractivity contribution in [2.24, 2.45) is 0 Å². The lowest BCUT2D eigenvalue weighted by molar-refractivity contribution is -0.123. The van der Waals surface area contributed by atoms with E-state index in [1.165, 1.54) is 23.2 Å². The maximum atomic E-state index is 11.7. The number of nitrogens with one attached hydrogen (secondary N) is 1. The topological polar surface area (TPSA) is 64.1 Å². The molecule has 0 radical (unpaired) electrons. The van der Waals surface area contributed by atoms with E-state index in [-0.39, 0.29) is 12.5 Å². The predicted octanol–water partition coefficient (Wildman–Crippen LogP) is 2.48. The molecule has 5 nitrogen and oxygen atoms in total. The number of aromatic nitrogens is 2. The molecule has 112 valence electrons. The number of rotatable bonds is 6. The number of carbonyl (C=O) groups is 1. The van der Waals surface area contributed by atoms with Crippen LogP contribution in [0.25, 0.3) is 10.2 Å². The van der Waals surface area contributed by atoms with Gasteiger partial charge < -0.3 is 10.1 Å². The summed E-state index contributed by atoms with van der Waals surface area (Å²) in [6.07, 6.45) is 6.92. The zero-order chi connectivity index (χ0) is 14.7. The van der Waals surface area contributed by atoms with Crippen LogP contribution in [-0.4, -0.2) is 29.0 Å². The fourth-order valence-electron chi connectivity index (χ4n) is 2.60. The van der Waals surface area contributed by atoms with Gasteiger partial charge in [0.15, 0.2) is 6.61 Å². The Morgan fingerprint density at radius 3 is 3.19 bits per heavy atom. The summed E-state index contributed by atoms with van der Waals surface area (Å²) in [4.78, 5) is 22.6. The number of hydrogen-bond donors (Lipinski definition) is 1. The molecule has 1 aliphatic rings. The summed E-state index contributed by atoms with van der Waals surface area (Å²) in [6.45, 7) is 2.81. The summed E-state index contributed by atoms with van der Waals surface area (Å²) in [5.41, 5.74) is 1.32. The number of unbranched alkanes of at least 4 members (excludes halogenated alkanes) is 1. The summed E-state index contributed by atoms with van der Waals surface area (Å²) in [5, 5.41) is 3.85. The maximum absolute atomic E-state index is 11.7. The van der Waals surface area contributed by atoms with Crippen LogP contribution in [0.1, 0.15) is 36.6 Å². The van der Waals surface area contributed by atoms with Crippen molar-refractivity contribution in [1.29, 1.82) is 0 Å². The van der Waals surface area contributed by atoms with Crippen LogP contribution in [0.15, 0.2) is 6.33 Å². The minimum atomic E-state index is -0.0953. The molecular weight excluding hydrogens is 286 g/mol. The molecule has 0 saturated carbocycles. The van der Waals surface area contributed by atoms with Crippen molar-refractivity contribution in [3.05, 3.63) is 16.8 Å². The number of aryl methyl sites for hydroxylation is 2. The van der Waals surface area contributed by atoms with Gasteiger partial charge in [-0.25, -0.2) is 9.97 Å². The summed E-state index contributed by atoms with van der Waals surface area (Å²) in [6, 6.07) is 0.